The van der Waals surface area contributed by atoms with E-state index in [0.717, 1.165) is 12.8 Å². The van der Waals surface area contributed by atoms with Gasteiger partial charge in [-0.2, -0.15) is 0 Å². The first-order valence-corrected chi connectivity index (χ1v) is 9.81. The van der Waals surface area contributed by atoms with E-state index in [-0.39, 0.29) is 18.5 Å². The summed E-state index contributed by atoms with van der Waals surface area (Å²) < 4.78 is 16.4. The van der Waals surface area contributed by atoms with Gasteiger partial charge in [0.05, 0.1) is 13.2 Å². The first kappa shape index (κ1) is 23.7. The lowest BCUT2D eigenvalue weighted by Crippen LogP contribution is -2.57. The molecular weight excluding hydrogens is 320 g/mol. The molecule has 0 rings (SSSR count). The number of esters is 1. The van der Waals surface area contributed by atoms with E-state index in [1.165, 1.54) is 0 Å². The van der Waals surface area contributed by atoms with Crippen LogP contribution in [0.3, 0.4) is 0 Å². The Balaban J connectivity index is 6.25. The Morgan fingerprint density at radius 1 is 0.880 bits per heavy atom. The van der Waals surface area contributed by atoms with Crippen molar-refractivity contribution >= 4 is 12.1 Å². The molecule has 2 unspecified atom stereocenters. The number of carbonyl (C=O) groups excluding carboxylic acids is 2. The largest absolute Gasteiger partial charge is 0.508 e. The van der Waals surface area contributed by atoms with Gasteiger partial charge in [-0.15, -0.1) is 0 Å². The SMILES string of the molecule is CCCC(CC)(OC(=O)OCC)C(CCC)(CC(C)C)C(=O)OCC. The summed E-state index contributed by atoms with van der Waals surface area (Å²) >= 11 is 0. The Kier molecular flexibility index (Phi) is 10.8. The zero-order chi connectivity index (χ0) is 19.5. The lowest BCUT2D eigenvalue weighted by Gasteiger charge is -2.48. The quantitative estimate of drug-likeness (QED) is 0.431. The van der Waals surface area contributed by atoms with Gasteiger partial charge in [-0.1, -0.05) is 47.5 Å². The molecule has 148 valence electrons. The maximum Gasteiger partial charge on any atom is 0.508 e. The van der Waals surface area contributed by atoms with Gasteiger partial charge < -0.3 is 14.2 Å². The Bertz CT molecular complexity index is 407. The van der Waals surface area contributed by atoms with Crippen molar-refractivity contribution in [3.8, 4) is 0 Å². The van der Waals surface area contributed by atoms with Crippen molar-refractivity contribution in [2.75, 3.05) is 13.2 Å². The summed E-state index contributed by atoms with van der Waals surface area (Å²) in [7, 11) is 0. The summed E-state index contributed by atoms with van der Waals surface area (Å²) in [6, 6.07) is 0. The van der Waals surface area contributed by atoms with E-state index < -0.39 is 17.2 Å². The zero-order valence-electron chi connectivity index (χ0n) is 17.3. The molecule has 0 aromatic rings. The van der Waals surface area contributed by atoms with Gasteiger partial charge in [0.25, 0.3) is 0 Å². The molecule has 0 spiro atoms. The summed E-state index contributed by atoms with van der Waals surface area (Å²) in [5, 5.41) is 0. The first-order chi connectivity index (χ1) is 11.8. The van der Waals surface area contributed by atoms with E-state index in [1.807, 2.05) is 27.7 Å². The number of hydrogen-bond acceptors (Lipinski definition) is 5. The highest BCUT2D eigenvalue weighted by Crippen LogP contribution is 2.50. The van der Waals surface area contributed by atoms with E-state index >= 15 is 0 Å². The molecule has 0 aromatic carbocycles. The minimum atomic E-state index is -0.916. The maximum atomic E-state index is 13.2. The number of rotatable bonds is 12. The molecule has 0 aliphatic rings. The molecule has 0 radical (unpaired) electrons. The second kappa shape index (κ2) is 11.4. The van der Waals surface area contributed by atoms with Crippen LogP contribution in [0, 0.1) is 11.3 Å². The van der Waals surface area contributed by atoms with Gasteiger partial charge >= 0.3 is 12.1 Å². The molecule has 0 heterocycles. The van der Waals surface area contributed by atoms with Crippen molar-refractivity contribution in [1.82, 2.24) is 0 Å². The van der Waals surface area contributed by atoms with Crippen LogP contribution in [0.4, 0.5) is 4.79 Å². The third kappa shape index (κ3) is 5.89. The second-order valence-corrected chi connectivity index (χ2v) is 7.03. The molecule has 0 saturated carbocycles. The summed E-state index contributed by atoms with van der Waals surface area (Å²) in [6.07, 6.45) is 3.30. The third-order valence-electron chi connectivity index (χ3n) is 4.74. The molecule has 0 saturated heterocycles. The fourth-order valence-corrected chi connectivity index (χ4v) is 3.97. The van der Waals surface area contributed by atoms with Crippen LogP contribution >= 0.6 is 0 Å². The predicted molar refractivity (Wildman–Crippen MR) is 99.5 cm³/mol. The van der Waals surface area contributed by atoms with Crippen molar-refractivity contribution in [3.63, 3.8) is 0 Å². The molecule has 0 aromatic heterocycles. The van der Waals surface area contributed by atoms with Gasteiger partial charge in [0, 0.05) is 0 Å². The van der Waals surface area contributed by atoms with Crippen LogP contribution in [0.5, 0.6) is 0 Å². The Labute approximate surface area is 153 Å². The molecular formula is C20H38O5. The highest BCUT2D eigenvalue weighted by molar-refractivity contribution is 5.79. The van der Waals surface area contributed by atoms with E-state index in [9.17, 15) is 9.59 Å². The average Bonchev–Trinajstić information content (AvgIpc) is 2.53. The summed E-state index contributed by atoms with van der Waals surface area (Å²) in [6.45, 7) is 14.3. The van der Waals surface area contributed by atoms with Crippen LogP contribution < -0.4 is 0 Å². The van der Waals surface area contributed by atoms with Gasteiger partial charge in [0.2, 0.25) is 0 Å². The van der Waals surface area contributed by atoms with E-state index in [4.69, 9.17) is 14.2 Å². The minimum absolute atomic E-state index is 0.245. The molecule has 0 bridgehead atoms. The second-order valence-electron chi connectivity index (χ2n) is 7.03. The first-order valence-electron chi connectivity index (χ1n) is 9.81. The minimum Gasteiger partial charge on any atom is -0.465 e. The van der Waals surface area contributed by atoms with Crippen LogP contribution in [0.1, 0.15) is 87.0 Å². The van der Waals surface area contributed by atoms with Gasteiger partial charge in [0.1, 0.15) is 11.0 Å². The van der Waals surface area contributed by atoms with Crippen molar-refractivity contribution in [1.29, 1.82) is 0 Å². The van der Waals surface area contributed by atoms with Crippen LogP contribution in [0.25, 0.3) is 0 Å². The van der Waals surface area contributed by atoms with Gasteiger partial charge in [0.15, 0.2) is 0 Å². The van der Waals surface area contributed by atoms with Crippen molar-refractivity contribution in [3.05, 3.63) is 0 Å². The fourth-order valence-electron chi connectivity index (χ4n) is 3.97. The molecule has 0 fully saturated rings. The third-order valence-corrected chi connectivity index (χ3v) is 4.74. The smallest absolute Gasteiger partial charge is 0.465 e. The molecule has 5 heteroatoms. The van der Waals surface area contributed by atoms with E-state index in [2.05, 4.69) is 13.8 Å². The lowest BCUT2D eigenvalue weighted by atomic mass is 9.61. The van der Waals surface area contributed by atoms with Gasteiger partial charge in [-0.3, -0.25) is 4.79 Å². The lowest BCUT2D eigenvalue weighted by molar-refractivity contribution is -0.186. The molecule has 0 N–H and O–H groups in total. The Hall–Kier alpha value is -1.26. The normalized spacial score (nSPS) is 16.0. The highest BCUT2D eigenvalue weighted by Gasteiger charge is 2.58. The van der Waals surface area contributed by atoms with Gasteiger partial charge in [-0.25, -0.2) is 4.79 Å². The summed E-state index contributed by atoms with van der Waals surface area (Å²) in [4.78, 5) is 25.4. The highest BCUT2D eigenvalue weighted by atomic mass is 16.7. The molecule has 0 aliphatic heterocycles. The van der Waals surface area contributed by atoms with E-state index in [1.54, 1.807) is 6.92 Å². The predicted octanol–water partition coefficient (Wildman–Crippen LogP) is 5.50. The topological polar surface area (TPSA) is 61.8 Å². The Morgan fingerprint density at radius 3 is 1.84 bits per heavy atom. The molecule has 0 aliphatic carbocycles. The number of carbonyl (C=O) groups is 2. The standard InChI is InChI=1S/C20H38O5/c1-8-13-19(15-16(6)7,17(21)23-11-4)20(10-3,14-9-2)25-18(22)24-12-5/h16H,8-15H2,1-7H3. The van der Waals surface area contributed by atoms with Crippen molar-refractivity contribution < 1.29 is 23.8 Å². The van der Waals surface area contributed by atoms with Crippen LogP contribution in [-0.4, -0.2) is 30.9 Å². The molecule has 5 nitrogen and oxygen atoms in total. The van der Waals surface area contributed by atoms with Crippen molar-refractivity contribution in [2.24, 2.45) is 11.3 Å². The van der Waals surface area contributed by atoms with Crippen LogP contribution in [0.15, 0.2) is 0 Å². The maximum absolute atomic E-state index is 13.2. The van der Waals surface area contributed by atoms with E-state index in [0.29, 0.717) is 32.3 Å². The Morgan fingerprint density at radius 2 is 1.44 bits per heavy atom. The monoisotopic (exact) mass is 358 g/mol. The summed E-state index contributed by atoms with van der Waals surface area (Å²) in [5.41, 5.74) is -1.77. The molecule has 2 atom stereocenters. The van der Waals surface area contributed by atoms with Crippen LogP contribution in [0.2, 0.25) is 0 Å². The fraction of sp³-hybridized carbons (Fsp3) is 0.900. The molecule has 0 amide bonds. The number of hydrogen-bond donors (Lipinski definition) is 0. The summed E-state index contributed by atoms with van der Waals surface area (Å²) in [5.74, 6) is 0.00896. The number of ether oxygens (including phenoxy) is 3. The van der Waals surface area contributed by atoms with Crippen LogP contribution in [-0.2, 0) is 19.0 Å². The van der Waals surface area contributed by atoms with Crippen molar-refractivity contribution in [2.45, 2.75) is 92.6 Å². The average molecular weight is 359 g/mol. The molecule has 25 heavy (non-hydrogen) atoms. The zero-order valence-corrected chi connectivity index (χ0v) is 17.3. The van der Waals surface area contributed by atoms with Gasteiger partial charge in [-0.05, 0) is 45.4 Å².